The standard InChI is InChI=1S/C24H27N5O4S/c1-32-24(31)21-20(27-22(30)18-5-4-14-33-18)17-8-7-16(26-23(17)34-21)15-28-10-12-29(13-11-28)19-6-2-3-9-25-19/h2-3,6-9,18H,4-5,10-15H2,1H3,(H,27,30). The Kier molecular flexibility index (Phi) is 6.70. The van der Waals surface area contributed by atoms with Crippen LogP contribution in [0.5, 0.6) is 0 Å². The molecular weight excluding hydrogens is 454 g/mol. The number of anilines is 2. The minimum Gasteiger partial charge on any atom is -0.465 e. The zero-order valence-electron chi connectivity index (χ0n) is 19.0. The van der Waals surface area contributed by atoms with Crippen LogP contribution in [0, 0.1) is 0 Å². The van der Waals surface area contributed by atoms with Crippen LogP contribution in [0.3, 0.4) is 0 Å². The maximum absolute atomic E-state index is 12.7. The molecule has 2 aliphatic rings. The van der Waals surface area contributed by atoms with Gasteiger partial charge in [0.15, 0.2) is 0 Å². The highest BCUT2D eigenvalue weighted by Gasteiger charge is 2.28. The topological polar surface area (TPSA) is 96.9 Å². The van der Waals surface area contributed by atoms with Crippen molar-refractivity contribution < 1.29 is 19.1 Å². The summed E-state index contributed by atoms with van der Waals surface area (Å²) >= 11 is 1.24. The molecular formula is C24H27N5O4S. The number of carbonyl (C=O) groups is 2. The van der Waals surface area contributed by atoms with Crippen molar-refractivity contribution in [1.82, 2.24) is 14.9 Å². The molecule has 5 heterocycles. The highest BCUT2D eigenvalue weighted by Crippen LogP contribution is 2.36. The normalized spacial score (nSPS) is 18.9. The molecule has 3 aromatic heterocycles. The molecule has 5 rings (SSSR count). The molecule has 0 bridgehead atoms. The molecule has 10 heteroatoms. The fourth-order valence-electron chi connectivity index (χ4n) is 4.36. The number of hydrogen-bond acceptors (Lipinski definition) is 9. The number of nitrogens with one attached hydrogen (secondary N) is 1. The predicted molar refractivity (Wildman–Crippen MR) is 130 cm³/mol. The lowest BCUT2D eigenvalue weighted by atomic mass is 10.2. The van der Waals surface area contributed by atoms with Crippen LogP contribution in [0.2, 0.25) is 0 Å². The van der Waals surface area contributed by atoms with Crippen LogP contribution in [0.25, 0.3) is 10.2 Å². The van der Waals surface area contributed by atoms with Crippen molar-refractivity contribution in [2.45, 2.75) is 25.5 Å². The van der Waals surface area contributed by atoms with Gasteiger partial charge in [-0.2, -0.15) is 0 Å². The van der Waals surface area contributed by atoms with Gasteiger partial charge in [0.1, 0.15) is 21.6 Å². The minimum absolute atomic E-state index is 0.239. The number of aromatic nitrogens is 2. The van der Waals surface area contributed by atoms with E-state index in [1.165, 1.54) is 18.4 Å². The van der Waals surface area contributed by atoms with E-state index in [1.807, 2.05) is 36.5 Å². The van der Waals surface area contributed by atoms with Crippen molar-refractivity contribution in [3.8, 4) is 0 Å². The third-order valence-corrected chi connectivity index (χ3v) is 7.26. The number of esters is 1. The van der Waals surface area contributed by atoms with Gasteiger partial charge >= 0.3 is 5.97 Å². The molecule has 0 aliphatic carbocycles. The smallest absolute Gasteiger partial charge is 0.350 e. The number of fused-ring (bicyclic) bond motifs is 1. The highest BCUT2D eigenvalue weighted by molar-refractivity contribution is 7.21. The lowest BCUT2D eigenvalue weighted by Crippen LogP contribution is -2.46. The average molecular weight is 482 g/mol. The molecule has 178 valence electrons. The molecule has 1 N–H and O–H groups in total. The molecule has 2 fully saturated rings. The summed E-state index contributed by atoms with van der Waals surface area (Å²) in [6, 6.07) is 9.86. The van der Waals surface area contributed by atoms with Gasteiger partial charge in [-0.05, 0) is 37.1 Å². The Morgan fingerprint density at radius 1 is 1.21 bits per heavy atom. The molecule has 3 aromatic rings. The van der Waals surface area contributed by atoms with Gasteiger partial charge in [-0.3, -0.25) is 9.69 Å². The van der Waals surface area contributed by atoms with Crippen LogP contribution in [-0.4, -0.2) is 72.7 Å². The number of ether oxygens (including phenoxy) is 2. The van der Waals surface area contributed by atoms with Crippen molar-refractivity contribution in [3.63, 3.8) is 0 Å². The van der Waals surface area contributed by atoms with E-state index in [-0.39, 0.29) is 5.91 Å². The molecule has 2 aliphatic heterocycles. The Labute approximate surface area is 201 Å². The Morgan fingerprint density at radius 3 is 2.76 bits per heavy atom. The number of nitrogens with zero attached hydrogens (tertiary/aromatic N) is 4. The molecule has 1 unspecified atom stereocenters. The molecule has 34 heavy (non-hydrogen) atoms. The van der Waals surface area contributed by atoms with Gasteiger partial charge in [-0.25, -0.2) is 14.8 Å². The number of piperazine rings is 1. The summed E-state index contributed by atoms with van der Waals surface area (Å²) < 4.78 is 10.4. The summed E-state index contributed by atoms with van der Waals surface area (Å²) in [6.45, 7) is 4.93. The number of thiophene rings is 1. The van der Waals surface area contributed by atoms with Crippen LogP contribution in [-0.2, 0) is 20.8 Å². The second-order valence-corrected chi connectivity index (χ2v) is 9.39. The van der Waals surface area contributed by atoms with E-state index in [4.69, 9.17) is 14.5 Å². The maximum atomic E-state index is 12.7. The van der Waals surface area contributed by atoms with E-state index < -0.39 is 12.1 Å². The van der Waals surface area contributed by atoms with Crippen molar-refractivity contribution in [2.24, 2.45) is 0 Å². The first-order chi connectivity index (χ1) is 16.6. The summed E-state index contributed by atoms with van der Waals surface area (Å²) in [5.74, 6) is 0.281. The zero-order chi connectivity index (χ0) is 23.5. The van der Waals surface area contributed by atoms with Gasteiger partial charge < -0.3 is 19.7 Å². The number of rotatable bonds is 6. The summed E-state index contributed by atoms with van der Waals surface area (Å²) in [4.78, 5) is 40.0. The molecule has 1 atom stereocenters. The van der Waals surface area contributed by atoms with Crippen molar-refractivity contribution >= 4 is 44.9 Å². The first-order valence-electron chi connectivity index (χ1n) is 11.4. The third kappa shape index (κ3) is 4.75. The SMILES string of the molecule is COC(=O)c1sc2nc(CN3CCN(c4ccccn4)CC3)ccc2c1NC(=O)C1CCCO1. The molecule has 0 aromatic carbocycles. The van der Waals surface area contributed by atoms with E-state index in [9.17, 15) is 9.59 Å². The Hall–Kier alpha value is -3.08. The maximum Gasteiger partial charge on any atom is 0.350 e. The first kappa shape index (κ1) is 22.7. The Morgan fingerprint density at radius 2 is 2.06 bits per heavy atom. The van der Waals surface area contributed by atoms with Crippen molar-refractivity contribution in [3.05, 3.63) is 47.1 Å². The number of pyridine rings is 2. The van der Waals surface area contributed by atoms with Crippen molar-refractivity contribution in [2.75, 3.05) is 50.1 Å². The molecule has 0 radical (unpaired) electrons. The van der Waals surface area contributed by atoms with Crippen LogP contribution in [0.4, 0.5) is 11.5 Å². The Bertz CT molecular complexity index is 1170. The number of hydrogen-bond donors (Lipinski definition) is 1. The second kappa shape index (κ2) is 10.0. The summed E-state index contributed by atoms with van der Waals surface area (Å²) in [6.07, 6.45) is 2.87. The van der Waals surface area contributed by atoms with Gasteiger partial charge in [0, 0.05) is 50.9 Å². The van der Waals surface area contributed by atoms with Gasteiger partial charge in [-0.1, -0.05) is 6.07 Å². The van der Waals surface area contributed by atoms with Crippen molar-refractivity contribution in [1.29, 1.82) is 0 Å². The molecule has 9 nitrogen and oxygen atoms in total. The van der Waals surface area contributed by atoms with Crippen LogP contribution < -0.4 is 10.2 Å². The van der Waals surface area contributed by atoms with E-state index in [0.29, 0.717) is 28.4 Å². The molecule has 0 saturated carbocycles. The highest BCUT2D eigenvalue weighted by atomic mass is 32.1. The van der Waals surface area contributed by atoms with Gasteiger partial charge in [-0.15, -0.1) is 11.3 Å². The zero-order valence-corrected chi connectivity index (χ0v) is 19.8. The van der Waals surface area contributed by atoms with E-state index in [2.05, 4.69) is 20.1 Å². The second-order valence-electron chi connectivity index (χ2n) is 8.40. The molecule has 2 saturated heterocycles. The average Bonchev–Trinajstić information content (AvgIpc) is 3.53. The van der Waals surface area contributed by atoms with Gasteiger partial charge in [0.25, 0.3) is 5.91 Å². The third-order valence-electron chi connectivity index (χ3n) is 6.19. The van der Waals surface area contributed by atoms with E-state index in [1.54, 1.807) is 0 Å². The monoisotopic (exact) mass is 481 g/mol. The summed E-state index contributed by atoms with van der Waals surface area (Å²) in [7, 11) is 1.34. The number of carbonyl (C=O) groups excluding carboxylic acids is 2. The lowest BCUT2D eigenvalue weighted by Gasteiger charge is -2.35. The number of amides is 1. The fourth-order valence-corrected chi connectivity index (χ4v) is 5.42. The minimum atomic E-state index is -0.488. The van der Waals surface area contributed by atoms with Crippen LogP contribution in [0.1, 0.15) is 28.2 Å². The summed E-state index contributed by atoms with van der Waals surface area (Å²) in [5.41, 5.74) is 1.38. The molecule has 1 amide bonds. The summed E-state index contributed by atoms with van der Waals surface area (Å²) in [5, 5.41) is 3.63. The van der Waals surface area contributed by atoms with Crippen LogP contribution >= 0.6 is 11.3 Å². The first-order valence-corrected chi connectivity index (χ1v) is 12.3. The van der Waals surface area contributed by atoms with Gasteiger partial charge in [0.05, 0.1) is 18.5 Å². The Balaban J connectivity index is 1.31. The fraction of sp³-hybridized carbons (Fsp3) is 0.417. The largest absolute Gasteiger partial charge is 0.465 e. The van der Waals surface area contributed by atoms with E-state index in [0.717, 1.165) is 56.0 Å². The predicted octanol–water partition coefficient (Wildman–Crippen LogP) is 2.92. The molecule has 0 spiro atoms. The van der Waals surface area contributed by atoms with Gasteiger partial charge in [0.2, 0.25) is 0 Å². The quantitative estimate of drug-likeness (QED) is 0.537. The van der Waals surface area contributed by atoms with E-state index >= 15 is 0 Å². The lowest BCUT2D eigenvalue weighted by molar-refractivity contribution is -0.124. The number of methoxy groups -OCH3 is 1. The van der Waals surface area contributed by atoms with Crippen LogP contribution in [0.15, 0.2) is 36.5 Å².